The number of hydrogen-bond acceptors (Lipinski definition) is 3. The van der Waals surface area contributed by atoms with Crippen molar-refractivity contribution in [1.82, 2.24) is 0 Å². The van der Waals surface area contributed by atoms with Crippen LogP contribution in [0.25, 0.3) is 11.0 Å². The molecule has 0 saturated heterocycles. The lowest BCUT2D eigenvalue weighted by Gasteiger charge is -2.00. The molecule has 0 fully saturated rings. The number of allylic oxidation sites excluding steroid dienone is 2. The highest BCUT2D eigenvalue weighted by Crippen LogP contribution is 2.29. The highest BCUT2D eigenvalue weighted by molar-refractivity contribution is 6.25. The molecular weight excluding hydrogens is 192 g/mol. The lowest BCUT2D eigenvalue weighted by atomic mass is 9.99. The molecule has 0 bridgehead atoms. The quantitative estimate of drug-likeness (QED) is 0.652. The zero-order chi connectivity index (χ0) is 10.4. The molecule has 0 atom stereocenters. The molecule has 1 aliphatic rings. The molecule has 1 aromatic carbocycles. The SMILES string of the molecule is O=C1C=CC(=O)c2c1oc1ccccc21. The van der Waals surface area contributed by atoms with Crippen molar-refractivity contribution in [2.24, 2.45) is 0 Å². The molecule has 0 N–H and O–H groups in total. The number of hydrogen-bond donors (Lipinski definition) is 0. The van der Waals surface area contributed by atoms with Gasteiger partial charge in [-0.25, -0.2) is 0 Å². The molecular formula is C12H6O3. The maximum atomic E-state index is 11.6. The molecule has 0 spiro atoms. The van der Waals surface area contributed by atoms with Crippen molar-refractivity contribution in [3.8, 4) is 0 Å². The van der Waals surface area contributed by atoms with E-state index in [0.717, 1.165) is 0 Å². The predicted octanol–water partition coefficient (Wildman–Crippen LogP) is 2.37. The van der Waals surface area contributed by atoms with E-state index in [9.17, 15) is 9.59 Å². The third-order valence-corrected chi connectivity index (χ3v) is 2.45. The van der Waals surface area contributed by atoms with Crippen molar-refractivity contribution in [2.75, 3.05) is 0 Å². The Morgan fingerprint density at radius 3 is 2.53 bits per heavy atom. The van der Waals surface area contributed by atoms with E-state index in [1.165, 1.54) is 12.2 Å². The monoisotopic (exact) mass is 198 g/mol. The van der Waals surface area contributed by atoms with Crippen LogP contribution in [0.15, 0.2) is 40.8 Å². The van der Waals surface area contributed by atoms with Crippen LogP contribution in [0.5, 0.6) is 0 Å². The first-order valence-electron chi connectivity index (χ1n) is 4.55. The third kappa shape index (κ3) is 1.00. The first-order chi connectivity index (χ1) is 7.27. The fourth-order valence-corrected chi connectivity index (χ4v) is 1.77. The molecule has 3 heteroatoms. The molecule has 72 valence electrons. The van der Waals surface area contributed by atoms with Crippen molar-refractivity contribution in [1.29, 1.82) is 0 Å². The van der Waals surface area contributed by atoms with Crippen molar-refractivity contribution in [3.63, 3.8) is 0 Å². The van der Waals surface area contributed by atoms with Gasteiger partial charge in [0.25, 0.3) is 0 Å². The number of benzene rings is 1. The molecule has 0 amide bonds. The van der Waals surface area contributed by atoms with Crippen LogP contribution < -0.4 is 0 Å². The van der Waals surface area contributed by atoms with Crippen molar-refractivity contribution < 1.29 is 14.0 Å². The fraction of sp³-hybridized carbons (Fsp3) is 0. The average molecular weight is 198 g/mol. The van der Waals surface area contributed by atoms with E-state index in [-0.39, 0.29) is 17.3 Å². The summed E-state index contributed by atoms with van der Waals surface area (Å²) in [5.41, 5.74) is 0.964. The minimum atomic E-state index is -0.249. The van der Waals surface area contributed by atoms with Crippen LogP contribution in [-0.2, 0) is 0 Å². The van der Waals surface area contributed by atoms with Crippen LogP contribution in [0.2, 0.25) is 0 Å². The van der Waals surface area contributed by atoms with Crippen LogP contribution >= 0.6 is 0 Å². The van der Waals surface area contributed by atoms with Crippen LogP contribution in [-0.4, -0.2) is 11.6 Å². The summed E-state index contributed by atoms with van der Waals surface area (Å²) >= 11 is 0. The maximum absolute atomic E-state index is 11.6. The van der Waals surface area contributed by atoms with Crippen LogP contribution in [0.1, 0.15) is 20.9 Å². The van der Waals surface area contributed by atoms with Gasteiger partial charge in [0.05, 0.1) is 5.56 Å². The van der Waals surface area contributed by atoms with Gasteiger partial charge in [-0.15, -0.1) is 0 Å². The molecule has 0 radical (unpaired) electrons. The molecule has 0 aliphatic heterocycles. The Kier molecular flexibility index (Phi) is 1.45. The summed E-state index contributed by atoms with van der Waals surface area (Å²) in [5.74, 6) is -0.265. The molecule has 1 aliphatic carbocycles. The van der Waals surface area contributed by atoms with Crippen molar-refractivity contribution in [2.45, 2.75) is 0 Å². The summed E-state index contributed by atoms with van der Waals surface area (Å²) in [6.07, 6.45) is 2.53. The second-order valence-corrected chi connectivity index (χ2v) is 3.36. The zero-order valence-electron chi connectivity index (χ0n) is 7.69. The molecule has 0 saturated carbocycles. The Balaban J connectivity index is 2.47. The van der Waals surface area contributed by atoms with E-state index in [4.69, 9.17) is 4.42 Å². The van der Waals surface area contributed by atoms with Crippen molar-refractivity contribution in [3.05, 3.63) is 47.7 Å². The summed E-state index contributed by atoms with van der Waals surface area (Å²) in [6, 6.07) is 7.14. The number of carbonyl (C=O) groups excluding carboxylic acids is 2. The second-order valence-electron chi connectivity index (χ2n) is 3.36. The van der Waals surface area contributed by atoms with Crippen LogP contribution in [0.4, 0.5) is 0 Å². The van der Waals surface area contributed by atoms with Crippen LogP contribution in [0.3, 0.4) is 0 Å². The predicted molar refractivity (Wildman–Crippen MR) is 54.0 cm³/mol. The van der Waals surface area contributed by atoms with Crippen molar-refractivity contribution >= 4 is 22.5 Å². The van der Waals surface area contributed by atoms with E-state index < -0.39 is 0 Å². The fourth-order valence-electron chi connectivity index (χ4n) is 1.77. The largest absolute Gasteiger partial charge is 0.452 e. The van der Waals surface area contributed by atoms with E-state index in [0.29, 0.717) is 16.5 Å². The Labute approximate surface area is 85.0 Å². The number of furan rings is 1. The Morgan fingerprint density at radius 2 is 1.67 bits per heavy atom. The van der Waals surface area contributed by atoms with Gasteiger partial charge in [0, 0.05) is 5.39 Å². The molecule has 3 rings (SSSR count). The number of fused-ring (bicyclic) bond motifs is 3. The molecule has 2 aromatic rings. The molecule has 0 unspecified atom stereocenters. The number of para-hydroxylation sites is 1. The average Bonchev–Trinajstić information content (AvgIpc) is 2.64. The first kappa shape index (κ1) is 8.17. The molecule has 1 heterocycles. The van der Waals surface area contributed by atoms with Gasteiger partial charge < -0.3 is 4.42 Å². The van der Waals surface area contributed by atoms with Gasteiger partial charge in [0.1, 0.15) is 5.58 Å². The summed E-state index contributed by atoms with van der Waals surface area (Å²) in [4.78, 5) is 23.1. The molecule has 15 heavy (non-hydrogen) atoms. The smallest absolute Gasteiger partial charge is 0.221 e. The summed E-state index contributed by atoms with van der Waals surface area (Å²) in [6.45, 7) is 0. The lowest BCUT2D eigenvalue weighted by Crippen LogP contribution is -2.08. The minimum absolute atomic E-state index is 0.156. The summed E-state index contributed by atoms with van der Waals surface area (Å²) in [7, 11) is 0. The van der Waals surface area contributed by atoms with Gasteiger partial charge in [-0.2, -0.15) is 0 Å². The van der Waals surface area contributed by atoms with Gasteiger partial charge in [-0.1, -0.05) is 18.2 Å². The highest BCUT2D eigenvalue weighted by atomic mass is 16.3. The zero-order valence-corrected chi connectivity index (χ0v) is 7.69. The molecule has 3 nitrogen and oxygen atoms in total. The number of ketones is 2. The summed E-state index contributed by atoms with van der Waals surface area (Å²) in [5, 5.41) is 0.704. The van der Waals surface area contributed by atoms with Gasteiger partial charge in [-0.3, -0.25) is 9.59 Å². The van der Waals surface area contributed by atoms with Gasteiger partial charge in [-0.05, 0) is 18.2 Å². The third-order valence-electron chi connectivity index (χ3n) is 2.45. The van der Waals surface area contributed by atoms with E-state index in [1.54, 1.807) is 18.2 Å². The number of rotatable bonds is 0. The minimum Gasteiger partial charge on any atom is -0.452 e. The number of carbonyl (C=O) groups is 2. The van der Waals surface area contributed by atoms with Gasteiger partial charge in [0.2, 0.25) is 5.78 Å². The first-order valence-corrected chi connectivity index (χ1v) is 4.55. The maximum Gasteiger partial charge on any atom is 0.221 e. The van der Waals surface area contributed by atoms with E-state index in [2.05, 4.69) is 0 Å². The second kappa shape index (κ2) is 2.67. The lowest BCUT2D eigenvalue weighted by molar-refractivity contribution is 0.0977. The van der Waals surface area contributed by atoms with Gasteiger partial charge in [0.15, 0.2) is 11.5 Å². The Hall–Kier alpha value is -2.16. The van der Waals surface area contributed by atoms with Crippen LogP contribution in [0, 0.1) is 0 Å². The van der Waals surface area contributed by atoms with E-state index in [1.807, 2.05) is 6.07 Å². The topological polar surface area (TPSA) is 47.3 Å². The normalized spacial score (nSPS) is 14.7. The van der Waals surface area contributed by atoms with Gasteiger partial charge >= 0.3 is 0 Å². The Morgan fingerprint density at radius 1 is 0.933 bits per heavy atom. The standard InChI is InChI=1S/C12H6O3/c13-8-5-6-9(14)12-11(8)7-3-1-2-4-10(7)15-12/h1-6H. The summed E-state index contributed by atoms with van der Waals surface area (Å²) < 4.78 is 5.35. The van der Waals surface area contributed by atoms with E-state index >= 15 is 0 Å². The highest BCUT2D eigenvalue weighted by Gasteiger charge is 2.26. The molecule has 1 aromatic heterocycles. The Bertz CT molecular complexity index is 617.